The van der Waals surface area contributed by atoms with Gasteiger partial charge >= 0.3 is 5.97 Å². The van der Waals surface area contributed by atoms with Gasteiger partial charge in [-0.3, -0.25) is 4.98 Å². The van der Waals surface area contributed by atoms with Crippen molar-refractivity contribution in [1.29, 1.82) is 0 Å². The van der Waals surface area contributed by atoms with Crippen LogP contribution in [-0.2, 0) is 22.3 Å². The van der Waals surface area contributed by atoms with Crippen LogP contribution < -0.4 is 4.72 Å². The number of carboxylic acids is 1. The average Bonchev–Trinajstić information content (AvgIpc) is 2.90. The van der Waals surface area contributed by atoms with E-state index in [4.69, 9.17) is 5.11 Å². The van der Waals surface area contributed by atoms with Gasteiger partial charge < -0.3 is 5.11 Å². The molecule has 1 aromatic heterocycles. The average molecular weight is 312 g/mol. The lowest BCUT2D eigenvalue weighted by Crippen LogP contribution is -2.24. The molecule has 0 saturated carbocycles. The highest BCUT2D eigenvalue weighted by Crippen LogP contribution is 2.10. The fourth-order valence-corrected chi connectivity index (χ4v) is 3.26. The van der Waals surface area contributed by atoms with Gasteiger partial charge in [-0.1, -0.05) is 12.1 Å². The summed E-state index contributed by atoms with van der Waals surface area (Å²) in [7, 11) is -3.46. The number of hydrogen-bond donors (Lipinski definition) is 2. The molecule has 8 heteroatoms. The third-order valence-corrected chi connectivity index (χ3v) is 4.58. The zero-order valence-electron chi connectivity index (χ0n) is 10.3. The number of nitrogens with zero attached hydrogens (tertiary/aromatic N) is 1. The standard InChI is InChI=1S/C12H12N2O4S2/c15-12(16)10-3-1-9(2-4-10)7-20(17,18)14-6-11-5-13-8-19-11/h1-5,8,14H,6-7H2,(H,15,16). The molecule has 0 bridgehead atoms. The van der Waals surface area contributed by atoms with E-state index < -0.39 is 16.0 Å². The minimum Gasteiger partial charge on any atom is -0.478 e. The highest BCUT2D eigenvalue weighted by molar-refractivity contribution is 7.88. The van der Waals surface area contributed by atoms with Crippen LogP contribution in [0, 0.1) is 0 Å². The first-order valence-corrected chi connectivity index (χ1v) is 8.16. The second-order valence-electron chi connectivity index (χ2n) is 4.05. The van der Waals surface area contributed by atoms with Crippen molar-refractivity contribution in [2.75, 3.05) is 0 Å². The number of aromatic nitrogens is 1. The minimum absolute atomic E-state index is 0.128. The first-order chi connectivity index (χ1) is 9.46. The van der Waals surface area contributed by atoms with Crippen molar-refractivity contribution < 1.29 is 18.3 Å². The van der Waals surface area contributed by atoms with E-state index in [1.165, 1.54) is 35.6 Å². The summed E-state index contributed by atoms with van der Waals surface area (Å²) < 4.78 is 26.2. The summed E-state index contributed by atoms with van der Waals surface area (Å²) >= 11 is 1.37. The Balaban J connectivity index is 1.98. The first-order valence-electron chi connectivity index (χ1n) is 5.63. The molecule has 0 atom stereocenters. The van der Waals surface area contributed by atoms with Crippen molar-refractivity contribution in [1.82, 2.24) is 9.71 Å². The van der Waals surface area contributed by atoms with Crippen molar-refractivity contribution in [2.24, 2.45) is 0 Å². The van der Waals surface area contributed by atoms with E-state index in [1.807, 2.05) is 0 Å². The Morgan fingerprint density at radius 2 is 2.00 bits per heavy atom. The van der Waals surface area contributed by atoms with Gasteiger partial charge in [0.2, 0.25) is 10.0 Å². The lowest BCUT2D eigenvalue weighted by molar-refractivity contribution is 0.0697. The molecule has 0 amide bonds. The molecule has 0 fully saturated rings. The highest BCUT2D eigenvalue weighted by Gasteiger charge is 2.12. The number of sulfonamides is 1. The predicted octanol–water partition coefficient (Wildman–Crippen LogP) is 1.46. The van der Waals surface area contributed by atoms with Crippen molar-refractivity contribution in [3.8, 4) is 0 Å². The van der Waals surface area contributed by atoms with E-state index in [1.54, 1.807) is 11.7 Å². The summed E-state index contributed by atoms with van der Waals surface area (Å²) in [5.74, 6) is -1.23. The van der Waals surface area contributed by atoms with E-state index in [2.05, 4.69) is 9.71 Å². The Hall–Kier alpha value is -1.77. The molecule has 2 rings (SSSR count). The van der Waals surface area contributed by atoms with Gasteiger partial charge in [0.05, 0.1) is 16.8 Å². The number of hydrogen-bond acceptors (Lipinski definition) is 5. The van der Waals surface area contributed by atoms with Crippen molar-refractivity contribution in [3.05, 3.63) is 52.0 Å². The van der Waals surface area contributed by atoms with Gasteiger partial charge in [-0.25, -0.2) is 17.9 Å². The Bertz CT molecular complexity index is 679. The van der Waals surface area contributed by atoms with Crippen LogP contribution in [0.25, 0.3) is 0 Å². The van der Waals surface area contributed by atoms with Gasteiger partial charge in [-0.2, -0.15) is 0 Å². The van der Waals surface area contributed by atoms with E-state index in [0.29, 0.717) is 5.56 Å². The smallest absolute Gasteiger partial charge is 0.335 e. The zero-order chi connectivity index (χ0) is 14.6. The molecule has 2 N–H and O–H groups in total. The van der Waals surface area contributed by atoms with E-state index in [-0.39, 0.29) is 17.9 Å². The second kappa shape index (κ2) is 6.12. The van der Waals surface area contributed by atoms with Crippen LogP contribution in [0.5, 0.6) is 0 Å². The topological polar surface area (TPSA) is 96.4 Å². The van der Waals surface area contributed by atoms with E-state index in [9.17, 15) is 13.2 Å². The molecule has 0 spiro atoms. The van der Waals surface area contributed by atoms with Gasteiger partial charge in [-0.15, -0.1) is 11.3 Å². The second-order valence-corrected chi connectivity index (χ2v) is 6.83. The number of carbonyl (C=O) groups is 1. The van der Waals surface area contributed by atoms with Crippen molar-refractivity contribution >= 4 is 27.3 Å². The molecular formula is C12H12N2O4S2. The number of benzene rings is 1. The van der Waals surface area contributed by atoms with Crippen LogP contribution in [0.2, 0.25) is 0 Å². The van der Waals surface area contributed by atoms with E-state index in [0.717, 1.165) is 4.88 Å². The van der Waals surface area contributed by atoms with Crippen molar-refractivity contribution in [2.45, 2.75) is 12.3 Å². The summed E-state index contributed by atoms with van der Waals surface area (Å²) in [4.78, 5) is 15.4. The first kappa shape index (κ1) is 14.6. The molecule has 0 unspecified atom stereocenters. The molecule has 6 nitrogen and oxygen atoms in total. The summed E-state index contributed by atoms with van der Waals surface area (Å²) in [6.07, 6.45) is 1.61. The molecule has 20 heavy (non-hydrogen) atoms. The molecule has 0 saturated heterocycles. The number of carboxylic acid groups (broad SMARTS) is 1. The maximum absolute atomic E-state index is 11.9. The van der Waals surface area contributed by atoms with Crippen LogP contribution in [0.15, 0.2) is 36.0 Å². The van der Waals surface area contributed by atoms with Crippen molar-refractivity contribution in [3.63, 3.8) is 0 Å². The fraction of sp³-hybridized carbons (Fsp3) is 0.167. The Morgan fingerprint density at radius 3 is 2.55 bits per heavy atom. The Kier molecular flexibility index (Phi) is 4.48. The largest absolute Gasteiger partial charge is 0.478 e. The molecule has 1 aromatic carbocycles. The van der Waals surface area contributed by atoms with Gasteiger partial charge in [-0.05, 0) is 17.7 Å². The zero-order valence-corrected chi connectivity index (χ0v) is 11.9. The molecule has 0 radical (unpaired) electrons. The highest BCUT2D eigenvalue weighted by atomic mass is 32.2. The van der Waals surface area contributed by atoms with Crippen LogP contribution in [0.1, 0.15) is 20.8 Å². The summed E-state index contributed by atoms with van der Waals surface area (Å²) in [6.45, 7) is 0.209. The van der Waals surface area contributed by atoms with Gasteiger partial charge in [0.15, 0.2) is 0 Å². The molecule has 1 heterocycles. The summed E-state index contributed by atoms with van der Waals surface area (Å²) in [6, 6.07) is 5.76. The molecule has 0 aliphatic rings. The van der Waals surface area contributed by atoms with Crippen LogP contribution in [-0.4, -0.2) is 24.5 Å². The number of thiazole rings is 1. The molecule has 0 aliphatic carbocycles. The Labute approximate surface area is 120 Å². The van der Waals surface area contributed by atoms with Gasteiger partial charge in [0.1, 0.15) is 0 Å². The van der Waals surface area contributed by atoms with Gasteiger partial charge in [0, 0.05) is 17.6 Å². The third kappa shape index (κ3) is 4.12. The summed E-state index contributed by atoms with van der Waals surface area (Å²) in [5.41, 5.74) is 2.30. The quantitative estimate of drug-likeness (QED) is 0.842. The molecule has 2 aromatic rings. The Morgan fingerprint density at radius 1 is 1.30 bits per heavy atom. The monoisotopic (exact) mass is 312 g/mol. The molecule has 106 valence electrons. The van der Waals surface area contributed by atoms with E-state index >= 15 is 0 Å². The lowest BCUT2D eigenvalue weighted by atomic mass is 10.1. The normalized spacial score (nSPS) is 11.4. The number of rotatable bonds is 6. The third-order valence-electron chi connectivity index (χ3n) is 2.51. The maximum Gasteiger partial charge on any atom is 0.335 e. The minimum atomic E-state index is -3.46. The van der Waals surface area contributed by atoms with Crippen LogP contribution in [0.4, 0.5) is 0 Å². The number of aromatic carboxylic acids is 1. The molecule has 0 aliphatic heterocycles. The van der Waals surface area contributed by atoms with Gasteiger partial charge in [0.25, 0.3) is 0 Å². The SMILES string of the molecule is O=C(O)c1ccc(CS(=O)(=O)NCc2cncs2)cc1. The van der Waals surface area contributed by atoms with Crippen LogP contribution >= 0.6 is 11.3 Å². The predicted molar refractivity (Wildman–Crippen MR) is 75.0 cm³/mol. The summed E-state index contributed by atoms with van der Waals surface area (Å²) in [5, 5.41) is 8.76. The fourth-order valence-electron chi connectivity index (χ4n) is 1.52. The maximum atomic E-state index is 11.9. The number of nitrogens with one attached hydrogen (secondary N) is 1. The molecular weight excluding hydrogens is 300 g/mol. The lowest BCUT2D eigenvalue weighted by Gasteiger charge is -2.06. The van der Waals surface area contributed by atoms with Crippen LogP contribution in [0.3, 0.4) is 0 Å².